The number of rotatable bonds is 4. The van der Waals surface area contributed by atoms with E-state index >= 15 is 0 Å². The van der Waals surface area contributed by atoms with Crippen LogP contribution in [0.3, 0.4) is 0 Å². The number of hydrogen-bond donors (Lipinski definition) is 0. The van der Waals surface area contributed by atoms with Crippen molar-refractivity contribution in [1.29, 1.82) is 0 Å². The van der Waals surface area contributed by atoms with E-state index in [4.69, 9.17) is 0 Å². The van der Waals surface area contributed by atoms with E-state index in [1.165, 1.54) is 11.1 Å². The largest absolute Gasteiger partial charge is 0.297 e. The summed E-state index contributed by atoms with van der Waals surface area (Å²) in [6.07, 6.45) is 0. The van der Waals surface area contributed by atoms with E-state index in [1.807, 2.05) is 56.3 Å². The molecule has 0 N–H and O–H groups in total. The highest BCUT2D eigenvalue weighted by Crippen LogP contribution is 2.43. The topological polar surface area (TPSA) is 40.6 Å². The maximum atomic E-state index is 14.0. The van der Waals surface area contributed by atoms with Gasteiger partial charge in [0.05, 0.1) is 0 Å². The molecule has 33 heavy (non-hydrogen) atoms. The fourth-order valence-electron chi connectivity index (χ4n) is 5.41. The lowest BCUT2D eigenvalue weighted by Crippen LogP contribution is -2.60. The molecule has 1 unspecified atom stereocenters. The van der Waals surface area contributed by atoms with Gasteiger partial charge in [-0.25, -0.2) is 0 Å². The molecule has 1 heterocycles. The van der Waals surface area contributed by atoms with Crippen LogP contribution in [0.15, 0.2) is 66.7 Å². The van der Waals surface area contributed by atoms with Crippen molar-refractivity contribution in [2.45, 2.75) is 32.9 Å². The zero-order valence-corrected chi connectivity index (χ0v) is 19.6. The van der Waals surface area contributed by atoms with Gasteiger partial charge in [0.1, 0.15) is 0 Å². The highest BCUT2D eigenvalue weighted by atomic mass is 16.2. The second-order valence-corrected chi connectivity index (χ2v) is 9.48. The molecular weight excluding hydrogens is 408 g/mol. The zero-order chi connectivity index (χ0) is 23.2. The quantitative estimate of drug-likeness (QED) is 0.554. The van der Waals surface area contributed by atoms with E-state index < -0.39 is 5.54 Å². The molecule has 4 heteroatoms. The van der Waals surface area contributed by atoms with Crippen molar-refractivity contribution in [3.8, 4) is 0 Å². The molecule has 4 nitrogen and oxygen atoms in total. The number of aryl methyl sites for hydroxylation is 3. The average Bonchev–Trinajstić information content (AvgIpc) is 3.03. The normalized spacial score (nSPS) is 21.4. The van der Waals surface area contributed by atoms with Crippen molar-refractivity contribution < 1.29 is 9.59 Å². The maximum Gasteiger partial charge on any atom is 0.196 e. The monoisotopic (exact) mass is 438 g/mol. The molecule has 3 aromatic carbocycles. The molecule has 0 saturated carbocycles. The van der Waals surface area contributed by atoms with Crippen LogP contribution in [0.25, 0.3) is 0 Å². The van der Waals surface area contributed by atoms with Gasteiger partial charge < -0.3 is 0 Å². The van der Waals surface area contributed by atoms with Crippen LogP contribution in [0.5, 0.6) is 0 Å². The van der Waals surface area contributed by atoms with Crippen LogP contribution in [-0.2, 0) is 12.1 Å². The molecular formula is C29H30N2O2. The van der Waals surface area contributed by atoms with Crippen LogP contribution in [0, 0.1) is 20.8 Å². The summed E-state index contributed by atoms with van der Waals surface area (Å²) in [5.74, 6) is -0.162. The van der Waals surface area contributed by atoms with Crippen molar-refractivity contribution in [3.63, 3.8) is 0 Å². The summed E-state index contributed by atoms with van der Waals surface area (Å²) in [7, 11) is 0. The van der Waals surface area contributed by atoms with Crippen LogP contribution < -0.4 is 0 Å². The maximum absolute atomic E-state index is 14.0. The Labute approximate surface area is 195 Å². The zero-order valence-electron chi connectivity index (χ0n) is 19.6. The standard InChI is InChI=1S/C29H30N2O2/c1-20-7-6-10-24(17-20)29(27(32)25-12-11-21(2)18-26(25)28(29)33)31-15-13-30(14-16-31)19-23-9-5-4-8-22(23)3/h4-12,17-18H,13-16,19H2,1-3H3. The second kappa shape index (κ2) is 8.36. The Morgan fingerprint density at radius 3 is 2.15 bits per heavy atom. The molecule has 168 valence electrons. The highest BCUT2D eigenvalue weighted by Gasteiger charge is 2.58. The number of carbonyl (C=O) groups is 2. The molecule has 0 amide bonds. The Bertz CT molecular complexity index is 1240. The van der Waals surface area contributed by atoms with E-state index in [2.05, 4.69) is 41.0 Å². The van der Waals surface area contributed by atoms with E-state index in [9.17, 15) is 9.59 Å². The van der Waals surface area contributed by atoms with Crippen LogP contribution in [0.4, 0.5) is 0 Å². The Morgan fingerprint density at radius 2 is 1.42 bits per heavy atom. The SMILES string of the molecule is Cc1cccc(C2(N3CCN(Cc4ccccc4C)CC3)C(=O)c3ccc(C)cc3C2=O)c1. The van der Waals surface area contributed by atoms with Gasteiger partial charge in [-0.05, 0) is 43.5 Å². The third-order valence-electron chi connectivity index (χ3n) is 7.26. The molecule has 3 aromatic rings. The van der Waals surface area contributed by atoms with Crippen molar-refractivity contribution in [1.82, 2.24) is 9.80 Å². The number of Topliss-reactive ketones (excluding diaryl/α,β-unsaturated/α-hetero) is 2. The van der Waals surface area contributed by atoms with Crippen LogP contribution in [-0.4, -0.2) is 47.5 Å². The predicted molar refractivity (Wildman–Crippen MR) is 131 cm³/mol. The number of piperazine rings is 1. The minimum absolute atomic E-state index is 0.0795. The fraction of sp³-hybridized carbons (Fsp3) is 0.310. The summed E-state index contributed by atoms with van der Waals surface area (Å²) in [4.78, 5) is 32.6. The van der Waals surface area contributed by atoms with Gasteiger partial charge in [0.25, 0.3) is 0 Å². The van der Waals surface area contributed by atoms with Crippen LogP contribution in [0.1, 0.15) is 48.5 Å². The van der Waals surface area contributed by atoms with E-state index in [1.54, 1.807) is 0 Å². The van der Waals surface area contributed by atoms with Gasteiger partial charge in [-0.15, -0.1) is 0 Å². The van der Waals surface area contributed by atoms with E-state index in [0.29, 0.717) is 24.2 Å². The van der Waals surface area contributed by atoms with Gasteiger partial charge in [-0.2, -0.15) is 0 Å². The Morgan fingerprint density at radius 1 is 0.727 bits per heavy atom. The second-order valence-electron chi connectivity index (χ2n) is 9.48. The lowest BCUT2D eigenvalue weighted by molar-refractivity contribution is 0.0279. The van der Waals surface area contributed by atoms with E-state index in [-0.39, 0.29) is 11.6 Å². The number of ketones is 2. The number of hydrogen-bond acceptors (Lipinski definition) is 4. The first-order valence-electron chi connectivity index (χ1n) is 11.7. The first-order valence-corrected chi connectivity index (χ1v) is 11.7. The molecule has 1 saturated heterocycles. The summed E-state index contributed by atoms with van der Waals surface area (Å²) < 4.78 is 0. The molecule has 0 aromatic heterocycles. The van der Waals surface area contributed by atoms with Crippen molar-refractivity contribution in [2.75, 3.05) is 26.2 Å². The minimum atomic E-state index is -1.27. The number of carbonyl (C=O) groups excluding carboxylic acids is 2. The third-order valence-corrected chi connectivity index (χ3v) is 7.26. The molecule has 1 atom stereocenters. The summed E-state index contributed by atoms with van der Waals surface area (Å²) in [5.41, 5.74) is 5.31. The third kappa shape index (κ3) is 3.54. The van der Waals surface area contributed by atoms with Gasteiger partial charge in [0.2, 0.25) is 0 Å². The molecule has 1 fully saturated rings. The summed E-state index contributed by atoms with van der Waals surface area (Å²) >= 11 is 0. The first kappa shape index (κ1) is 21.7. The molecule has 1 aliphatic heterocycles. The average molecular weight is 439 g/mol. The molecule has 1 aliphatic carbocycles. The number of fused-ring (bicyclic) bond motifs is 1. The molecule has 0 radical (unpaired) electrons. The molecule has 0 spiro atoms. The van der Waals surface area contributed by atoms with Gasteiger partial charge in [-0.3, -0.25) is 19.4 Å². The van der Waals surface area contributed by atoms with Crippen molar-refractivity contribution in [2.24, 2.45) is 0 Å². The lowest BCUT2D eigenvalue weighted by Gasteiger charge is -2.44. The summed E-state index contributed by atoms with van der Waals surface area (Å²) in [5, 5.41) is 0. The van der Waals surface area contributed by atoms with E-state index in [0.717, 1.165) is 36.3 Å². The molecule has 0 bridgehead atoms. The Kier molecular flexibility index (Phi) is 5.51. The Balaban J connectivity index is 1.49. The van der Waals surface area contributed by atoms with Gasteiger partial charge in [-0.1, -0.05) is 71.8 Å². The van der Waals surface area contributed by atoms with Gasteiger partial charge in [0, 0.05) is 43.9 Å². The number of nitrogens with zero attached hydrogens (tertiary/aromatic N) is 2. The fourth-order valence-corrected chi connectivity index (χ4v) is 5.41. The van der Waals surface area contributed by atoms with Crippen molar-refractivity contribution >= 4 is 11.6 Å². The van der Waals surface area contributed by atoms with Gasteiger partial charge >= 0.3 is 0 Å². The number of benzene rings is 3. The smallest absolute Gasteiger partial charge is 0.196 e. The van der Waals surface area contributed by atoms with Crippen molar-refractivity contribution in [3.05, 3.63) is 106 Å². The molecule has 5 rings (SSSR count). The highest BCUT2D eigenvalue weighted by molar-refractivity contribution is 6.33. The minimum Gasteiger partial charge on any atom is -0.297 e. The summed E-state index contributed by atoms with van der Waals surface area (Å²) in [6, 6.07) is 22.0. The molecule has 2 aliphatic rings. The van der Waals surface area contributed by atoms with Gasteiger partial charge in [0.15, 0.2) is 17.1 Å². The summed E-state index contributed by atoms with van der Waals surface area (Å²) in [6.45, 7) is 9.99. The van der Waals surface area contributed by atoms with Crippen LogP contribution in [0.2, 0.25) is 0 Å². The van der Waals surface area contributed by atoms with Crippen LogP contribution >= 0.6 is 0 Å². The predicted octanol–water partition coefficient (Wildman–Crippen LogP) is 4.70. The lowest BCUT2D eigenvalue weighted by atomic mass is 9.81. The first-order chi connectivity index (χ1) is 15.9. The Hall–Kier alpha value is -3.08.